The molecule has 2 aliphatic heterocycles. The van der Waals surface area contributed by atoms with Crippen LogP contribution in [0.3, 0.4) is 0 Å². The third-order valence-corrected chi connectivity index (χ3v) is 6.03. The molecule has 6 heteroatoms. The van der Waals surface area contributed by atoms with Crippen LogP contribution in [-0.2, 0) is 20.1 Å². The SMILES string of the molecule is CC1=CC(=O)N2CC(=O)N(CC3CC3)c3ccc(Cl)cc3C2(c2ccccc2)O1. The second-order valence-corrected chi connectivity index (χ2v) is 8.34. The van der Waals surface area contributed by atoms with E-state index < -0.39 is 5.72 Å². The zero-order chi connectivity index (χ0) is 20.2. The minimum atomic E-state index is -1.24. The number of amides is 2. The predicted octanol–water partition coefficient (Wildman–Crippen LogP) is 4.06. The van der Waals surface area contributed by atoms with Crippen LogP contribution in [0.2, 0.25) is 5.02 Å². The number of allylic oxidation sites excluding steroid dienone is 1. The van der Waals surface area contributed by atoms with E-state index in [4.69, 9.17) is 16.3 Å². The average Bonchev–Trinajstić information content (AvgIpc) is 3.53. The Morgan fingerprint density at radius 1 is 1.14 bits per heavy atom. The van der Waals surface area contributed by atoms with Crippen LogP contribution in [0.1, 0.15) is 30.9 Å². The summed E-state index contributed by atoms with van der Waals surface area (Å²) in [6, 6.07) is 15.0. The number of ether oxygens (including phenoxy) is 1. The Morgan fingerprint density at radius 3 is 2.62 bits per heavy atom. The summed E-state index contributed by atoms with van der Waals surface area (Å²) in [6.07, 6.45) is 3.68. The molecule has 3 aliphatic rings. The smallest absolute Gasteiger partial charge is 0.254 e. The fourth-order valence-electron chi connectivity index (χ4n) is 4.28. The zero-order valence-corrected chi connectivity index (χ0v) is 16.9. The summed E-state index contributed by atoms with van der Waals surface area (Å²) in [5.41, 5.74) is 1.000. The number of rotatable bonds is 3. The van der Waals surface area contributed by atoms with Crippen molar-refractivity contribution < 1.29 is 14.3 Å². The normalized spacial score (nSPS) is 23.7. The number of nitrogens with zero attached hydrogens (tertiary/aromatic N) is 2. The Labute approximate surface area is 174 Å². The van der Waals surface area contributed by atoms with E-state index in [1.54, 1.807) is 17.9 Å². The second-order valence-electron chi connectivity index (χ2n) is 7.90. The quantitative estimate of drug-likeness (QED) is 0.769. The second kappa shape index (κ2) is 6.63. The van der Waals surface area contributed by atoms with E-state index in [1.807, 2.05) is 42.5 Å². The number of hydrogen-bond acceptors (Lipinski definition) is 3. The van der Waals surface area contributed by atoms with E-state index in [9.17, 15) is 9.59 Å². The van der Waals surface area contributed by atoms with Gasteiger partial charge in [0.05, 0.1) is 5.69 Å². The lowest BCUT2D eigenvalue weighted by molar-refractivity contribution is -0.161. The molecule has 148 valence electrons. The van der Waals surface area contributed by atoms with Crippen molar-refractivity contribution >= 4 is 29.1 Å². The first-order valence-electron chi connectivity index (χ1n) is 9.84. The molecule has 5 nitrogen and oxygen atoms in total. The van der Waals surface area contributed by atoms with Crippen LogP contribution in [0, 0.1) is 5.92 Å². The number of carbonyl (C=O) groups excluding carboxylic acids is 2. The van der Waals surface area contributed by atoms with Gasteiger partial charge in [-0.3, -0.25) is 14.5 Å². The summed E-state index contributed by atoms with van der Waals surface area (Å²) in [6.45, 7) is 2.35. The van der Waals surface area contributed by atoms with Gasteiger partial charge in [0.15, 0.2) is 0 Å². The maximum atomic E-state index is 13.3. The Balaban J connectivity index is 1.81. The number of anilines is 1. The van der Waals surface area contributed by atoms with Crippen molar-refractivity contribution in [2.75, 3.05) is 18.0 Å². The first-order chi connectivity index (χ1) is 14.0. The van der Waals surface area contributed by atoms with Gasteiger partial charge in [0.1, 0.15) is 12.3 Å². The van der Waals surface area contributed by atoms with Crippen molar-refractivity contribution in [3.8, 4) is 0 Å². The average molecular weight is 409 g/mol. The van der Waals surface area contributed by atoms with Crippen LogP contribution in [0.5, 0.6) is 0 Å². The Hall–Kier alpha value is -2.79. The number of halogens is 1. The van der Waals surface area contributed by atoms with Crippen molar-refractivity contribution in [1.82, 2.24) is 4.90 Å². The van der Waals surface area contributed by atoms with Crippen molar-refractivity contribution in [1.29, 1.82) is 0 Å². The van der Waals surface area contributed by atoms with Crippen LogP contribution in [-0.4, -0.2) is 29.8 Å². The molecule has 0 bridgehead atoms. The molecule has 1 fully saturated rings. The van der Waals surface area contributed by atoms with E-state index >= 15 is 0 Å². The molecule has 2 amide bonds. The Kier molecular flexibility index (Phi) is 4.17. The van der Waals surface area contributed by atoms with Gasteiger partial charge in [0, 0.05) is 28.8 Å². The van der Waals surface area contributed by atoms with E-state index in [0.29, 0.717) is 28.8 Å². The molecule has 0 spiro atoms. The lowest BCUT2D eigenvalue weighted by Gasteiger charge is -2.45. The number of hydrogen-bond donors (Lipinski definition) is 0. The zero-order valence-electron chi connectivity index (χ0n) is 16.1. The Bertz CT molecular complexity index is 1030. The first-order valence-corrected chi connectivity index (χ1v) is 10.2. The van der Waals surface area contributed by atoms with Crippen LogP contribution >= 0.6 is 11.6 Å². The summed E-state index contributed by atoms with van der Waals surface area (Å²) in [5, 5.41) is 0.531. The molecule has 1 aliphatic carbocycles. The molecular formula is C23H21ClN2O3. The molecule has 0 aromatic heterocycles. The third-order valence-electron chi connectivity index (χ3n) is 5.79. The van der Waals surface area contributed by atoms with Gasteiger partial charge in [0.2, 0.25) is 11.6 Å². The van der Waals surface area contributed by atoms with Crippen molar-refractivity contribution in [3.63, 3.8) is 0 Å². The lowest BCUT2D eigenvalue weighted by Crippen LogP contribution is -2.55. The summed E-state index contributed by atoms with van der Waals surface area (Å²) in [7, 11) is 0. The lowest BCUT2D eigenvalue weighted by atomic mass is 9.90. The molecule has 2 aromatic carbocycles. The van der Waals surface area contributed by atoms with E-state index in [1.165, 1.54) is 11.0 Å². The summed E-state index contributed by atoms with van der Waals surface area (Å²) in [4.78, 5) is 29.8. The van der Waals surface area contributed by atoms with Gasteiger partial charge in [0.25, 0.3) is 5.91 Å². The molecule has 2 heterocycles. The highest BCUT2D eigenvalue weighted by atomic mass is 35.5. The van der Waals surface area contributed by atoms with Crippen molar-refractivity contribution in [2.45, 2.75) is 25.5 Å². The molecular weight excluding hydrogens is 388 g/mol. The predicted molar refractivity (Wildman–Crippen MR) is 110 cm³/mol. The molecule has 0 N–H and O–H groups in total. The van der Waals surface area contributed by atoms with Crippen LogP contribution in [0.15, 0.2) is 60.4 Å². The minimum Gasteiger partial charge on any atom is -0.464 e. The topological polar surface area (TPSA) is 49.9 Å². The summed E-state index contributed by atoms with van der Waals surface area (Å²) < 4.78 is 6.44. The fraction of sp³-hybridized carbons (Fsp3) is 0.304. The van der Waals surface area contributed by atoms with E-state index in [-0.39, 0.29) is 18.4 Å². The Morgan fingerprint density at radius 2 is 1.90 bits per heavy atom. The molecule has 0 radical (unpaired) electrons. The fourth-order valence-corrected chi connectivity index (χ4v) is 4.45. The van der Waals surface area contributed by atoms with E-state index in [2.05, 4.69) is 0 Å². The van der Waals surface area contributed by atoms with Gasteiger partial charge < -0.3 is 9.64 Å². The van der Waals surface area contributed by atoms with Gasteiger partial charge in [-0.1, -0.05) is 41.9 Å². The maximum absolute atomic E-state index is 13.3. The highest BCUT2D eigenvalue weighted by Gasteiger charge is 2.53. The highest BCUT2D eigenvalue weighted by Crippen LogP contribution is 2.48. The van der Waals surface area contributed by atoms with Gasteiger partial charge in [-0.2, -0.15) is 0 Å². The summed E-state index contributed by atoms with van der Waals surface area (Å²) in [5.74, 6) is 0.652. The molecule has 5 rings (SSSR count). The third kappa shape index (κ3) is 2.92. The first kappa shape index (κ1) is 18.3. The molecule has 1 atom stereocenters. The summed E-state index contributed by atoms with van der Waals surface area (Å²) >= 11 is 6.41. The van der Waals surface area contributed by atoms with Gasteiger partial charge in [-0.25, -0.2) is 0 Å². The van der Waals surface area contributed by atoms with Crippen LogP contribution in [0.25, 0.3) is 0 Å². The molecule has 29 heavy (non-hydrogen) atoms. The van der Waals surface area contributed by atoms with Crippen molar-refractivity contribution in [2.24, 2.45) is 5.92 Å². The molecule has 1 saturated carbocycles. The number of carbonyl (C=O) groups is 2. The van der Waals surface area contributed by atoms with Gasteiger partial charge in [-0.15, -0.1) is 0 Å². The number of benzene rings is 2. The minimum absolute atomic E-state index is 0.0590. The standard InChI is InChI=1S/C23H21ClN2O3/c1-15-11-21(27)26-14-22(28)25(13-16-7-8-16)20-10-9-18(24)12-19(20)23(26,29-15)17-5-3-2-4-6-17/h2-6,9-12,16H,7-8,13-14H2,1H3. The van der Waals surface area contributed by atoms with Gasteiger partial charge in [-0.05, 0) is 43.9 Å². The molecule has 0 saturated heterocycles. The molecule has 1 unspecified atom stereocenters. The van der Waals surface area contributed by atoms with E-state index in [0.717, 1.165) is 24.1 Å². The number of fused-ring (bicyclic) bond motifs is 3. The maximum Gasteiger partial charge on any atom is 0.254 e. The van der Waals surface area contributed by atoms with Crippen LogP contribution < -0.4 is 4.90 Å². The monoisotopic (exact) mass is 408 g/mol. The van der Waals surface area contributed by atoms with Crippen LogP contribution in [0.4, 0.5) is 5.69 Å². The van der Waals surface area contributed by atoms with Crippen molar-refractivity contribution in [3.05, 3.63) is 76.5 Å². The molecule has 2 aromatic rings. The van der Waals surface area contributed by atoms with Gasteiger partial charge >= 0.3 is 0 Å². The largest absolute Gasteiger partial charge is 0.464 e. The highest BCUT2D eigenvalue weighted by molar-refractivity contribution is 6.30.